The number of nitrogen functional groups attached to an aromatic ring is 1. The minimum atomic E-state index is 0.0235. The molecule has 2 heterocycles. The third kappa shape index (κ3) is 3.42. The number of benzene rings is 1. The molecule has 1 aliphatic heterocycles. The number of aryl methyl sites for hydroxylation is 1. The van der Waals surface area contributed by atoms with Crippen LogP contribution in [0.3, 0.4) is 0 Å². The number of anilines is 1. The highest BCUT2D eigenvalue weighted by Gasteiger charge is 2.31. The Hall–Kier alpha value is -2.28. The number of hydrogen-bond donors (Lipinski definition) is 1. The number of carbonyl (C=O) groups excluding carboxylic acids is 1. The van der Waals surface area contributed by atoms with E-state index in [-0.39, 0.29) is 11.8 Å². The lowest BCUT2D eigenvalue weighted by atomic mass is 9.97. The van der Waals surface area contributed by atoms with E-state index >= 15 is 0 Å². The molecule has 6 nitrogen and oxygen atoms in total. The minimum Gasteiger partial charge on any atom is -0.497 e. The van der Waals surface area contributed by atoms with Crippen LogP contribution in [0.2, 0.25) is 0 Å². The van der Waals surface area contributed by atoms with Gasteiger partial charge in [-0.2, -0.15) is 0 Å². The first-order chi connectivity index (χ1) is 12.1. The van der Waals surface area contributed by atoms with E-state index in [0.717, 1.165) is 29.2 Å². The zero-order chi connectivity index (χ0) is 18.0. The number of likely N-dealkylation sites (tertiary alicyclic amines) is 1. The van der Waals surface area contributed by atoms with Gasteiger partial charge in [0, 0.05) is 24.6 Å². The number of carbonyl (C=O) groups is 1. The smallest absolute Gasteiger partial charge is 0.265 e. The van der Waals surface area contributed by atoms with Gasteiger partial charge in [-0.05, 0) is 31.0 Å². The van der Waals surface area contributed by atoms with Crippen molar-refractivity contribution in [2.24, 2.45) is 0 Å². The maximum absolute atomic E-state index is 12.9. The summed E-state index contributed by atoms with van der Waals surface area (Å²) in [4.78, 5) is 19.7. The fraction of sp³-hybridized carbons (Fsp3) is 0.444. The van der Waals surface area contributed by atoms with Crippen molar-refractivity contribution in [2.45, 2.75) is 25.7 Å². The minimum absolute atomic E-state index is 0.0235. The Morgan fingerprint density at radius 1 is 1.40 bits per heavy atom. The van der Waals surface area contributed by atoms with Crippen molar-refractivity contribution in [3.05, 3.63) is 34.3 Å². The van der Waals surface area contributed by atoms with E-state index in [1.54, 1.807) is 14.2 Å². The quantitative estimate of drug-likeness (QED) is 0.886. The van der Waals surface area contributed by atoms with Gasteiger partial charge in [0.1, 0.15) is 16.4 Å². The highest BCUT2D eigenvalue weighted by Crippen LogP contribution is 2.37. The number of ether oxygens (including phenoxy) is 2. The van der Waals surface area contributed by atoms with E-state index in [1.807, 2.05) is 30.0 Å². The van der Waals surface area contributed by atoms with Crippen molar-refractivity contribution >= 4 is 22.4 Å². The van der Waals surface area contributed by atoms with Gasteiger partial charge in [0.2, 0.25) is 0 Å². The number of thiazole rings is 1. The molecule has 0 aliphatic carbocycles. The summed E-state index contributed by atoms with van der Waals surface area (Å²) in [6.07, 6.45) is 1.60. The first-order valence-electron chi connectivity index (χ1n) is 8.33. The molecular weight excluding hydrogens is 338 g/mol. The monoisotopic (exact) mass is 361 g/mol. The number of amides is 1. The van der Waals surface area contributed by atoms with E-state index in [1.165, 1.54) is 11.3 Å². The molecule has 0 bridgehead atoms. The number of rotatable bonds is 5. The van der Waals surface area contributed by atoms with Crippen molar-refractivity contribution in [2.75, 3.05) is 33.0 Å². The fourth-order valence-corrected chi connectivity index (χ4v) is 4.17. The topological polar surface area (TPSA) is 77.7 Å². The summed E-state index contributed by atoms with van der Waals surface area (Å²) in [6.45, 7) is 3.35. The van der Waals surface area contributed by atoms with Gasteiger partial charge in [-0.3, -0.25) is 4.79 Å². The van der Waals surface area contributed by atoms with Crippen LogP contribution in [0.15, 0.2) is 18.2 Å². The molecule has 134 valence electrons. The molecule has 2 N–H and O–H groups in total. The van der Waals surface area contributed by atoms with Crippen LogP contribution in [-0.4, -0.2) is 43.1 Å². The van der Waals surface area contributed by atoms with Crippen LogP contribution in [-0.2, 0) is 6.42 Å². The third-order valence-electron chi connectivity index (χ3n) is 4.60. The van der Waals surface area contributed by atoms with Crippen molar-refractivity contribution in [3.8, 4) is 11.5 Å². The largest absolute Gasteiger partial charge is 0.497 e. The van der Waals surface area contributed by atoms with Crippen LogP contribution < -0.4 is 15.2 Å². The Balaban J connectivity index is 1.81. The van der Waals surface area contributed by atoms with Gasteiger partial charge in [0.05, 0.1) is 19.9 Å². The lowest BCUT2D eigenvalue weighted by Crippen LogP contribution is -2.28. The van der Waals surface area contributed by atoms with Crippen LogP contribution in [0.25, 0.3) is 0 Å². The van der Waals surface area contributed by atoms with E-state index in [0.29, 0.717) is 29.5 Å². The molecule has 25 heavy (non-hydrogen) atoms. The second-order valence-electron chi connectivity index (χ2n) is 6.03. The summed E-state index contributed by atoms with van der Waals surface area (Å²) in [5, 5.41) is 0.449. The lowest BCUT2D eigenvalue weighted by Gasteiger charge is -2.18. The predicted octanol–water partition coefficient (Wildman–Crippen LogP) is 2.93. The van der Waals surface area contributed by atoms with Gasteiger partial charge in [0.15, 0.2) is 5.13 Å². The maximum atomic E-state index is 12.9. The normalized spacial score (nSPS) is 16.9. The third-order valence-corrected chi connectivity index (χ3v) is 5.51. The van der Waals surface area contributed by atoms with Crippen molar-refractivity contribution in [1.82, 2.24) is 9.88 Å². The first-order valence-corrected chi connectivity index (χ1v) is 9.15. The number of nitrogens with zero attached hydrogens (tertiary/aromatic N) is 2. The van der Waals surface area contributed by atoms with E-state index in [9.17, 15) is 4.79 Å². The molecule has 0 radical (unpaired) electrons. The number of methoxy groups -OCH3 is 2. The number of hydrogen-bond acceptors (Lipinski definition) is 6. The molecule has 1 aromatic heterocycles. The van der Waals surface area contributed by atoms with Crippen molar-refractivity contribution in [1.29, 1.82) is 0 Å². The number of nitrogens with two attached hydrogens (primary N) is 1. The Morgan fingerprint density at radius 3 is 2.88 bits per heavy atom. The molecular formula is C18H23N3O3S. The van der Waals surface area contributed by atoms with E-state index in [2.05, 4.69) is 4.98 Å². The zero-order valence-electron chi connectivity index (χ0n) is 14.7. The summed E-state index contributed by atoms with van der Waals surface area (Å²) < 4.78 is 10.8. The molecule has 1 atom stereocenters. The molecule has 3 rings (SSSR count). The van der Waals surface area contributed by atoms with Gasteiger partial charge in [-0.15, -0.1) is 0 Å². The molecule has 2 aromatic rings. The Labute approximate surface area is 151 Å². The van der Waals surface area contributed by atoms with Gasteiger partial charge in [0.25, 0.3) is 5.91 Å². The van der Waals surface area contributed by atoms with Gasteiger partial charge in [-0.1, -0.05) is 18.3 Å². The van der Waals surface area contributed by atoms with Gasteiger partial charge in [-0.25, -0.2) is 4.98 Å². The average Bonchev–Trinajstić information content (AvgIpc) is 3.27. The Morgan fingerprint density at radius 2 is 2.20 bits per heavy atom. The van der Waals surface area contributed by atoms with Gasteiger partial charge >= 0.3 is 0 Å². The molecule has 0 saturated carbocycles. The van der Waals surface area contributed by atoms with Crippen LogP contribution in [0, 0.1) is 0 Å². The molecule has 0 unspecified atom stereocenters. The van der Waals surface area contributed by atoms with Crippen molar-refractivity contribution < 1.29 is 14.3 Å². The first kappa shape index (κ1) is 17.5. The highest BCUT2D eigenvalue weighted by molar-refractivity contribution is 7.17. The molecule has 1 aliphatic rings. The van der Waals surface area contributed by atoms with Crippen LogP contribution in [0.4, 0.5) is 5.13 Å². The zero-order valence-corrected chi connectivity index (χ0v) is 15.6. The maximum Gasteiger partial charge on any atom is 0.265 e. The average molecular weight is 361 g/mol. The van der Waals surface area contributed by atoms with E-state index in [4.69, 9.17) is 15.2 Å². The summed E-state index contributed by atoms with van der Waals surface area (Å²) in [5.74, 6) is 1.88. The fourth-order valence-electron chi connectivity index (χ4n) is 3.28. The van der Waals surface area contributed by atoms with Gasteiger partial charge < -0.3 is 20.1 Å². The summed E-state index contributed by atoms with van der Waals surface area (Å²) in [5.41, 5.74) is 7.65. The Kier molecular flexibility index (Phi) is 5.13. The molecule has 1 aromatic carbocycles. The summed E-state index contributed by atoms with van der Waals surface area (Å²) in [7, 11) is 3.31. The van der Waals surface area contributed by atoms with E-state index < -0.39 is 0 Å². The highest BCUT2D eigenvalue weighted by atomic mass is 32.1. The molecule has 1 saturated heterocycles. The second kappa shape index (κ2) is 7.31. The number of aromatic nitrogens is 1. The molecule has 0 spiro atoms. The lowest BCUT2D eigenvalue weighted by molar-refractivity contribution is 0.0794. The Bertz CT molecular complexity index is 775. The van der Waals surface area contributed by atoms with Crippen LogP contribution in [0.1, 0.15) is 40.2 Å². The second-order valence-corrected chi connectivity index (χ2v) is 7.06. The molecule has 1 fully saturated rings. The van der Waals surface area contributed by atoms with Crippen molar-refractivity contribution in [3.63, 3.8) is 0 Å². The van der Waals surface area contributed by atoms with Crippen LogP contribution >= 0.6 is 11.3 Å². The summed E-state index contributed by atoms with van der Waals surface area (Å²) in [6, 6.07) is 5.80. The standard InChI is InChI=1S/C18H23N3O3S/c1-4-14-16(25-18(19)20-14)17(22)21-8-7-11(10-21)13-9-12(23-2)5-6-15(13)24-3/h5-6,9,11H,4,7-8,10H2,1-3H3,(H2,19,20)/t11-/m0/s1. The molecule has 1 amide bonds. The summed E-state index contributed by atoms with van der Waals surface area (Å²) >= 11 is 1.28. The SMILES string of the molecule is CCc1nc(N)sc1C(=O)N1CC[C@H](c2cc(OC)ccc2OC)C1. The molecule has 7 heteroatoms. The predicted molar refractivity (Wildman–Crippen MR) is 98.7 cm³/mol. The van der Waals surface area contributed by atoms with Crippen LogP contribution in [0.5, 0.6) is 11.5 Å².